The highest BCUT2D eigenvalue weighted by Crippen LogP contribution is 2.28. The van der Waals surface area contributed by atoms with E-state index in [1.165, 1.54) is 12.1 Å². The molecule has 0 aliphatic carbocycles. The van der Waals surface area contributed by atoms with Crippen LogP contribution in [0.4, 0.5) is 4.39 Å². The number of carboxylic acid groups (broad SMARTS) is 1. The van der Waals surface area contributed by atoms with E-state index in [0.29, 0.717) is 11.5 Å². The molecule has 0 radical (unpaired) electrons. The molecule has 3 nitrogen and oxygen atoms in total. The molecule has 2 rings (SSSR count). The fourth-order valence-corrected chi connectivity index (χ4v) is 3.94. The Labute approximate surface area is 153 Å². The van der Waals surface area contributed by atoms with Gasteiger partial charge in [0.25, 0.3) is 0 Å². The lowest BCUT2D eigenvalue weighted by atomic mass is 10.1. The maximum Gasteiger partial charge on any atom is 0.334 e. The molecule has 0 amide bonds. The van der Waals surface area contributed by atoms with Crippen LogP contribution in [0.15, 0.2) is 48.2 Å². The summed E-state index contributed by atoms with van der Waals surface area (Å²) in [5, 5.41) is 9.34. The molecule has 1 heterocycles. The summed E-state index contributed by atoms with van der Waals surface area (Å²) in [6.45, 7) is 5.20. The van der Waals surface area contributed by atoms with Gasteiger partial charge in [0.05, 0.1) is 5.57 Å². The van der Waals surface area contributed by atoms with Crippen molar-refractivity contribution in [3.05, 3.63) is 59.6 Å². The maximum atomic E-state index is 12.9. The number of nitrogens with zero attached hydrogens (tertiary/aromatic N) is 1. The third-order valence-corrected chi connectivity index (χ3v) is 5.50. The van der Waals surface area contributed by atoms with Crippen LogP contribution in [0.5, 0.6) is 0 Å². The van der Waals surface area contributed by atoms with Crippen LogP contribution in [0.25, 0.3) is 0 Å². The highest BCUT2D eigenvalue weighted by atomic mass is 32.2. The van der Waals surface area contributed by atoms with E-state index >= 15 is 0 Å². The largest absolute Gasteiger partial charge is 0.478 e. The van der Waals surface area contributed by atoms with Gasteiger partial charge in [0.1, 0.15) is 11.2 Å². The second-order valence-corrected chi connectivity index (χ2v) is 7.83. The molecule has 0 spiro atoms. The minimum absolute atomic E-state index is 0.144. The van der Waals surface area contributed by atoms with Gasteiger partial charge in [-0.05, 0) is 60.8 Å². The van der Waals surface area contributed by atoms with Gasteiger partial charge in [-0.25, -0.2) is 9.18 Å². The SMILES string of the molecule is CC(C)CCN1C=CC=C(C(=O)O)C1SCCCc1ccc(F)cc1. The van der Waals surface area contributed by atoms with Crippen LogP contribution >= 0.6 is 11.8 Å². The van der Waals surface area contributed by atoms with Crippen molar-refractivity contribution in [2.45, 2.75) is 38.5 Å². The molecule has 25 heavy (non-hydrogen) atoms. The number of carboxylic acids is 1. The summed E-state index contributed by atoms with van der Waals surface area (Å²) in [7, 11) is 0. The van der Waals surface area contributed by atoms with Crippen LogP contribution in [0.2, 0.25) is 0 Å². The van der Waals surface area contributed by atoms with Gasteiger partial charge in [-0.3, -0.25) is 0 Å². The van der Waals surface area contributed by atoms with Crippen molar-refractivity contribution in [1.82, 2.24) is 4.90 Å². The first-order valence-electron chi connectivity index (χ1n) is 8.71. The van der Waals surface area contributed by atoms with Crippen molar-refractivity contribution >= 4 is 17.7 Å². The Bertz CT molecular complexity index is 625. The minimum atomic E-state index is -0.852. The zero-order valence-corrected chi connectivity index (χ0v) is 15.6. The first-order chi connectivity index (χ1) is 12.0. The second-order valence-electron chi connectivity index (χ2n) is 6.64. The van der Waals surface area contributed by atoms with Crippen molar-refractivity contribution in [3.63, 3.8) is 0 Å². The topological polar surface area (TPSA) is 40.5 Å². The van der Waals surface area contributed by atoms with Crippen molar-refractivity contribution in [2.75, 3.05) is 12.3 Å². The Balaban J connectivity index is 1.89. The number of carbonyl (C=O) groups is 1. The quantitative estimate of drug-likeness (QED) is 0.646. The molecule has 0 bridgehead atoms. The van der Waals surface area contributed by atoms with Crippen LogP contribution in [0.3, 0.4) is 0 Å². The van der Waals surface area contributed by atoms with Crippen LogP contribution in [-0.2, 0) is 11.2 Å². The number of aryl methyl sites for hydroxylation is 1. The number of allylic oxidation sites excluding steroid dienone is 2. The number of halogens is 1. The number of benzene rings is 1. The van der Waals surface area contributed by atoms with Gasteiger partial charge in [-0.15, -0.1) is 11.8 Å². The third kappa shape index (κ3) is 6.24. The molecule has 1 aromatic carbocycles. The maximum absolute atomic E-state index is 12.9. The molecule has 1 aliphatic rings. The molecule has 1 atom stereocenters. The first kappa shape index (κ1) is 19.6. The van der Waals surface area contributed by atoms with E-state index in [1.807, 2.05) is 12.3 Å². The number of thioether (sulfide) groups is 1. The molecule has 136 valence electrons. The number of aliphatic carboxylic acids is 1. The van der Waals surface area contributed by atoms with Gasteiger partial charge in [0.2, 0.25) is 0 Å². The Kier molecular flexibility index (Phi) is 7.56. The zero-order valence-electron chi connectivity index (χ0n) is 14.8. The van der Waals surface area contributed by atoms with E-state index in [4.69, 9.17) is 0 Å². The molecular formula is C20H26FNO2S. The van der Waals surface area contributed by atoms with Gasteiger partial charge < -0.3 is 10.0 Å². The summed E-state index contributed by atoms with van der Waals surface area (Å²) >= 11 is 1.67. The molecule has 0 saturated carbocycles. The monoisotopic (exact) mass is 363 g/mol. The Morgan fingerprint density at radius 1 is 1.32 bits per heavy atom. The minimum Gasteiger partial charge on any atom is -0.478 e. The van der Waals surface area contributed by atoms with Crippen LogP contribution in [0.1, 0.15) is 32.3 Å². The highest BCUT2D eigenvalue weighted by Gasteiger charge is 2.27. The van der Waals surface area contributed by atoms with Crippen molar-refractivity contribution in [3.8, 4) is 0 Å². The molecule has 1 N–H and O–H groups in total. The third-order valence-electron chi connectivity index (χ3n) is 4.13. The van der Waals surface area contributed by atoms with Gasteiger partial charge in [0.15, 0.2) is 0 Å². The fraction of sp³-hybridized carbons (Fsp3) is 0.450. The van der Waals surface area contributed by atoms with Crippen molar-refractivity contribution < 1.29 is 14.3 Å². The summed E-state index contributed by atoms with van der Waals surface area (Å²) in [5.41, 5.74) is 1.55. The van der Waals surface area contributed by atoms with E-state index in [1.54, 1.807) is 30.0 Å². The van der Waals surface area contributed by atoms with Crippen LogP contribution in [0, 0.1) is 11.7 Å². The number of hydrogen-bond donors (Lipinski definition) is 1. The summed E-state index contributed by atoms with van der Waals surface area (Å²) in [6, 6.07) is 6.57. The summed E-state index contributed by atoms with van der Waals surface area (Å²) in [4.78, 5) is 13.7. The van der Waals surface area contributed by atoms with E-state index in [0.717, 1.165) is 37.1 Å². The Morgan fingerprint density at radius 2 is 2.04 bits per heavy atom. The molecular weight excluding hydrogens is 337 g/mol. The van der Waals surface area contributed by atoms with E-state index in [9.17, 15) is 14.3 Å². The molecule has 0 aromatic heterocycles. The van der Waals surface area contributed by atoms with E-state index in [-0.39, 0.29) is 11.2 Å². The molecule has 1 aromatic rings. The van der Waals surface area contributed by atoms with Gasteiger partial charge in [-0.2, -0.15) is 0 Å². The van der Waals surface area contributed by atoms with Gasteiger partial charge >= 0.3 is 5.97 Å². The smallest absolute Gasteiger partial charge is 0.334 e. The first-order valence-corrected chi connectivity index (χ1v) is 9.75. The van der Waals surface area contributed by atoms with Crippen LogP contribution < -0.4 is 0 Å². The molecule has 0 saturated heterocycles. The lowest BCUT2D eigenvalue weighted by Crippen LogP contribution is -2.35. The van der Waals surface area contributed by atoms with Gasteiger partial charge in [-0.1, -0.05) is 26.0 Å². The number of rotatable bonds is 9. The predicted molar refractivity (Wildman–Crippen MR) is 102 cm³/mol. The Hall–Kier alpha value is -1.75. The summed E-state index contributed by atoms with van der Waals surface area (Å²) in [5.74, 6) is 0.370. The fourth-order valence-electron chi connectivity index (χ4n) is 2.68. The average molecular weight is 363 g/mol. The van der Waals surface area contributed by atoms with E-state index in [2.05, 4.69) is 18.7 Å². The lowest BCUT2D eigenvalue weighted by Gasteiger charge is -2.33. The molecule has 5 heteroatoms. The van der Waals surface area contributed by atoms with E-state index < -0.39 is 5.97 Å². The molecule has 1 aliphatic heterocycles. The summed E-state index contributed by atoms with van der Waals surface area (Å²) in [6.07, 6.45) is 8.34. The normalized spacial score (nSPS) is 17.0. The van der Waals surface area contributed by atoms with Crippen LogP contribution in [-0.4, -0.2) is 33.6 Å². The average Bonchev–Trinajstić information content (AvgIpc) is 2.58. The lowest BCUT2D eigenvalue weighted by molar-refractivity contribution is -0.133. The highest BCUT2D eigenvalue weighted by molar-refractivity contribution is 8.00. The summed E-state index contributed by atoms with van der Waals surface area (Å²) < 4.78 is 12.9. The second kappa shape index (κ2) is 9.66. The zero-order chi connectivity index (χ0) is 18.2. The van der Waals surface area contributed by atoms with Gasteiger partial charge in [0, 0.05) is 12.7 Å². The standard InChI is InChI=1S/C20H26FNO2S/c1-15(2)11-13-22-12-3-6-18(20(23)24)19(22)25-14-4-5-16-7-9-17(21)10-8-16/h3,6-10,12,15,19H,4-5,11,13-14H2,1-2H3,(H,23,24). The number of hydrogen-bond acceptors (Lipinski definition) is 3. The predicted octanol–water partition coefficient (Wildman–Crippen LogP) is 4.70. The van der Waals surface area contributed by atoms with Crippen molar-refractivity contribution in [2.24, 2.45) is 5.92 Å². The van der Waals surface area contributed by atoms with Crippen molar-refractivity contribution in [1.29, 1.82) is 0 Å². The Morgan fingerprint density at radius 3 is 2.68 bits per heavy atom. The molecule has 1 unspecified atom stereocenters. The molecule has 0 fully saturated rings.